The van der Waals surface area contributed by atoms with Crippen molar-refractivity contribution in [3.05, 3.63) is 0 Å². The highest BCUT2D eigenvalue weighted by molar-refractivity contribution is 4.84. The molecule has 0 aliphatic rings. The molecule has 3 heteroatoms. The van der Waals surface area contributed by atoms with Crippen molar-refractivity contribution in [2.24, 2.45) is 0 Å². The lowest BCUT2D eigenvalue weighted by Crippen LogP contribution is -2.25. The Balaban J connectivity index is 3.27. The van der Waals surface area contributed by atoms with E-state index < -0.39 is 6.43 Å². The van der Waals surface area contributed by atoms with E-state index in [-0.39, 0.29) is 6.54 Å². The summed E-state index contributed by atoms with van der Waals surface area (Å²) in [6, 6.07) is 0. The highest BCUT2D eigenvalue weighted by Gasteiger charge is 2.05. The van der Waals surface area contributed by atoms with Crippen molar-refractivity contribution in [2.45, 2.75) is 12.8 Å². The fraction of sp³-hybridized carbons (Fsp3) is 0.714. The molecule has 0 saturated carbocycles. The normalized spacial score (nSPS) is 10.4. The molecule has 0 heterocycles. The summed E-state index contributed by atoms with van der Waals surface area (Å²) in [5.74, 6) is 2.39. The van der Waals surface area contributed by atoms with Crippen LogP contribution in [0.4, 0.5) is 8.78 Å². The van der Waals surface area contributed by atoms with E-state index in [2.05, 4.69) is 5.92 Å². The molecule has 1 nitrogen and oxygen atoms in total. The van der Waals surface area contributed by atoms with Crippen molar-refractivity contribution in [3.63, 3.8) is 0 Å². The SMILES string of the molecule is C#CCCN(C)CC(F)F. The predicted octanol–water partition coefficient (Wildman–Crippen LogP) is 1.21. The molecule has 0 rings (SSSR count). The second kappa shape index (κ2) is 5.19. The number of terminal acetylenes is 1. The summed E-state index contributed by atoms with van der Waals surface area (Å²) in [7, 11) is 1.63. The topological polar surface area (TPSA) is 3.24 Å². The molecule has 0 N–H and O–H groups in total. The Kier molecular flexibility index (Phi) is 4.87. The average molecular weight is 147 g/mol. The summed E-state index contributed by atoms with van der Waals surface area (Å²) in [6.07, 6.45) is 3.21. The van der Waals surface area contributed by atoms with Crippen LogP contribution in [0.15, 0.2) is 0 Å². The van der Waals surface area contributed by atoms with Gasteiger partial charge in [-0.25, -0.2) is 8.78 Å². The van der Waals surface area contributed by atoms with E-state index in [1.54, 1.807) is 7.05 Å². The van der Waals surface area contributed by atoms with Crippen LogP contribution < -0.4 is 0 Å². The van der Waals surface area contributed by atoms with Crippen LogP contribution in [0.2, 0.25) is 0 Å². The zero-order valence-electron chi connectivity index (χ0n) is 5.98. The first-order valence-electron chi connectivity index (χ1n) is 3.07. The second-order valence-electron chi connectivity index (χ2n) is 2.11. The largest absolute Gasteiger partial charge is 0.300 e. The van der Waals surface area contributed by atoms with Crippen molar-refractivity contribution >= 4 is 0 Å². The Labute approximate surface area is 60.0 Å². The minimum Gasteiger partial charge on any atom is -0.300 e. The fourth-order valence-corrected chi connectivity index (χ4v) is 0.582. The van der Waals surface area contributed by atoms with Gasteiger partial charge in [0.15, 0.2) is 0 Å². The van der Waals surface area contributed by atoms with Gasteiger partial charge in [0.1, 0.15) is 0 Å². The smallest absolute Gasteiger partial charge is 0.251 e. The first-order valence-corrected chi connectivity index (χ1v) is 3.07. The molecule has 0 aliphatic heterocycles. The molecule has 0 unspecified atom stereocenters. The lowest BCUT2D eigenvalue weighted by atomic mass is 10.4. The quantitative estimate of drug-likeness (QED) is 0.540. The number of halogens is 2. The van der Waals surface area contributed by atoms with Gasteiger partial charge in [-0.1, -0.05) is 0 Å². The molecule has 0 radical (unpaired) electrons. The van der Waals surface area contributed by atoms with Crippen LogP contribution in [-0.2, 0) is 0 Å². The van der Waals surface area contributed by atoms with E-state index in [4.69, 9.17) is 6.42 Å². The fourth-order valence-electron chi connectivity index (χ4n) is 0.582. The Morgan fingerprint density at radius 3 is 2.60 bits per heavy atom. The molecular formula is C7H11F2N. The van der Waals surface area contributed by atoms with Crippen molar-refractivity contribution in [1.29, 1.82) is 0 Å². The van der Waals surface area contributed by atoms with Crippen LogP contribution in [0.5, 0.6) is 0 Å². The van der Waals surface area contributed by atoms with Gasteiger partial charge in [0, 0.05) is 13.0 Å². The lowest BCUT2D eigenvalue weighted by Gasteiger charge is -2.13. The van der Waals surface area contributed by atoms with Gasteiger partial charge >= 0.3 is 0 Å². The molecule has 0 aromatic rings. The van der Waals surface area contributed by atoms with Crippen LogP contribution in [0, 0.1) is 12.3 Å². The molecule has 58 valence electrons. The van der Waals surface area contributed by atoms with E-state index in [1.165, 1.54) is 4.90 Å². The molecule has 0 fully saturated rings. The van der Waals surface area contributed by atoms with Gasteiger partial charge in [0.2, 0.25) is 0 Å². The number of alkyl halides is 2. The third kappa shape index (κ3) is 5.52. The summed E-state index contributed by atoms with van der Waals surface area (Å²) in [5.41, 5.74) is 0. The number of nitrogens with zero attached hydrogens (tertiary/aromatic N) is 1. The Hall–Kier alpha value is -0.620. The molecule has 0 saturated heterocycles. The first kappa shape index (κ1) is 9.38. The monoisotopic (exact) mass is 147 g/mol. The Morgan fingerprint density at radius 2 is 2.20 bits per heavy atom. The predicted molar refractivity (Wildman–Crippen MR) is 37.0 cm³/mol. The van der Waals surface area contributed by atoms with Crippen molar-refractivity contribution in [3.8, 4) is 12.3 Å². The number of hydrogen-bond acceptors (Lipinski definition) is 1. The van der Waals surface area contributed by atoms with E-state index in [0.29, 0.717) is 13.0 Å². The summed E-state index contributed by atoms with van der Waals surface area (Å²) in [4.78, 5) is 1.52. The maximum Gasteiger partial charge on any atom is 0.251 e. The maximum absolute atomic E-state index is 11.6. The first-order chi connectivity index (χ1) is 4.66. The molecule has 0 aliphatic carbocycles. The van der Waals surface area contributed by atoms with E-state index in [0.717, 1.165) is 0 Å². The minimum absolute atomic E-state index is 0.193. The van der Waals surface area contributed by atoms with Crippen molar-refractivity contribution in [2.75, 3.05) is 20.1 Å². The van der Waals surface area contributed by atoms with Gasteiger partial charge in [-0.05, 0) is 7.05 Å². The highest BCUT2D eigenvalue weighted by atomic mass is 19.3. The molecule has 0 bridgehead atoms. The summed E-state index contributed by atoms with van der Waals surface area (Å²) >= 11 is 0. The van der Waals surface area contributed by atoms with Crippen LogP contribution in [-0.4, -0.2) is 31.5 Å². The van der Waals surface area contributed by atoms with Crippen LogP contribution in [0.25, 0.3) is 0 Å². The average Bonchev–Trinajstić information content (AvgIpc) is 1.82. The van der Waals surface area contributed by atoms with Crippen LogP contribution in [0.1, 0.15) is 6.42 Å². The van der Waals surface area contributed by atoms with E-state index in [9.17, 15) is 8.78 Å². The van der Waals surface area contributed by atoms with Gasteiger partial charge in [-0.2, -0.15) is 0 Å². The van der Waals surface area contributed by atoms with Gasteiger partial charge in [0.05, 0.1) is 6.54 Å². The molecule has 10 heavy (non-hydrogen) atoms. The van der Waals surface area contributed by atoms with E-state index in [1.807, 2.05) is 0 Å². The molecule has 0 aromatic carbocycles. The van der Waals surface area contributed by atoms with Gasteiger partial charge in [0.25, 0.3) is 6.43 Å². The third-order valence-electron chi connectivity index (χ3n) is 1.09. The zero-order valence-corrected chi connectivity index (χ0v) is 5.98. The number of hydrogen-bond donors (Lipinski definition) is 0. The molecule has 0 spiro atoms. The molecule has 0 aromatic heterocycles. The standard InChI is InChI=1S/C7H11F2N/c1-3-4-5-10(2)6-7(8)9/h1,7H,4-6H2,2H3. The van der Waals surface area contributed by atoms with Gasteiger partial charge in [-0.15, -0.1) is 12.3 Å². The van der Waals surface area contributed by atoms with Crippen molar-refractivity contribution < 1.29 is 8.78 Å². The van der Waals surface area contributed by atoms with Crippen LogP contribution in [0.3, 0.4) is 0 Å². The highest BCUT2D eigenvalue weighted by Crippen LogP contribution is 1.95. The number of rotatable bonds is 4. The molecule has 0 atom stereocenters. The molecule has 0 amide bonds. The summed E-state index contributed by atoms with van der Waals surface area (Å²) in [5, 5.41) is 0. The lowest BCUT2D eigenvalue weighted by molar-refractivity contribution is 0.101. The Bertz CT molecular complexity index is 117. The van der Waals surface area contributed by atoms with Gasteiger partial charge in [-0.3, -0.25) is 4.90 Å². The molecular weight excluding hydrogens is 136 g/mol. The maximum atomic E-state index is 11.6. The van der Waals surface area contributed by atoms with E-state index >= 15 is 0 Å². The third-order valence-corrected chi connectivity index (χ3v) is 1.09. The van der Waals surface area contributed by atoms with Crippen LogP contribution >= 0.6 is 0 Å². The minimum atomic E-state index is -2.26. The summed E-state index contributed by atoms with van der Waals surface area (Å²) in [6.45, 7) is 0.350. The van der Waals surface area contributed by atoms with Gasteiger partial charge < -0.3 is 0 Å². The summed E-state index contributed by atoms with van der Waals surface area (Å²) < 4.78 is 23.2. The Morgan fingerprint density at radius 1 is 1.60 bits per heavy atom. The van der Waals surface area contributed by atoms with Crippen molar-refractivity contribution in [1.82, 2.24) is 4.90 Å². The zero-order chi connectivity index (χ0) is 7.98. The second-order valence-corrected chi connectivity index (χ2v) is 2.11.